The molecule has 6 heteroatoms. The lowest BCUT2D eigenvalue weighted by molar-refractivity contribution is 0.120. The van der Waals surface area contributed by atoms with E-state index in [-0.39, 0.29) is 6.04 Å². The topological polar surface area (TPSA) is 60.6 Å². The second-order valence-corrected chi connectivity index (χ2v) is 7.29. The first-order chi connectivity index (χ1) is 14.2. The van der Waals surface area contributed by atoms with E-state index in [1.807, 2.05) is 31.2 Å². The molecule has 2 aromatic carbocycles. The van der Waals surface area contributed by atoms with Crippen molar-refractivity contribution in [1.82, 2.24) is 15.1 Å². The van der Waals surface area contributed by atoms with Gasteiger partial charge in [0, 0.05) is 20.0 Å². The maximum Gasteiger partial charge on any atom is 0.233 e. The van der Waals surface area contributed by atoms with E-state index in [1.54, 1.807) is 0 Å². The molecule has 4 rings (SSSR count). The van der Waals surface area contributed by atoms with Crippen LogP contribution in [0.25, 0.3) is 0 Å². The molecule has 3 aromatic rings. The summed E-state index contributed by atoms with van der Waals surface area (Å²) in [5.74, 6) is 2.99. The van der Waals surface area contributed by atoms with Crippen LogP contribution in [0.5, 0.6) is 11.5 Å². The summed E-state index contributed by atoms with van der Waals surface area (Å²) in [5, 5.41) is 8.30. The third-order valence-electron chi connectivity index (χ3n) is 5.12. The van der Waals surface area contributed by atoms with E-state index in [0.29, 0.717) is 18.4 Å². The first-order valence-electron chi connectivity index (χ1n) is 10.2. The van der Waals surface area contributed by atoms with Crippen LogP contribution in [0.1, 0.15) is 42.3 Å². The van der Waals surface area contributed by atoms with E-state index in [2.05, 4.69) is 46.3 Å². The van der Waals surface area contributed by atoms with Crippen LogP contribution in [0, 0.1) is 6.92 Å². The molecular weight excluding hydrogens is 366 g/mol. The van der Waals surface area contributed by atoms with Gasteiger partial charge in [-0.1, -0.05) is 31.2 Å². The van der Waals surface area contributed by atoms with Gasteiger partial charge in [-0.15, -0.1) is 10.2 Å². The van der Waals surface area contributed by atoms with Crippen molar-refractivity contribution in [3.8, 4) is 11.5 Å². The van der Waals surface area contributed by atoms with Gasteiger partial charge in [0.2, 0.25) is 11.8 Å². The van der Waals surface area contributed by atoms with Crippen LogP contribution in [0.15, 0.2) is 52.9 Å². The second kappa shape index (κ2) is 9.09. The summed E-state index contributed by atoms with van der Waals surface area (Å²) in [4.78, 5) is 2.36. The summed E-state index contributed by atoms with van der Waals surface area (Å²) >= 11 is 0. The number of nitrogens with zero attached hydrogens (tertiary/aromatic N) is 3. The Morgan fingerprint density at radius 2 is 1.66 bits per heavy atom. The number of ether oxygens (including phenoxy) is 2. The monoisotopic (exact) mass is 393 g/mol. The summed E-state index contributed by atoms with van der Waals surface area (Å²) in [6.07, 6.45) is 1.86. The Hall–Kier alpha value is -2.86. The number of rotatable bonds is 8. The van der Waals surface area contributed by atoms with E-state index >= 15 is 0 Å². The Morgan fingerprint density at radius 3 is 2.31 bits per heavy atom. The fourth-order valence-electron chi connectivity index (χ4n) is 3.63. The van der Waals surface area contributed by atoms with Gasteiger partial charge in [-0.25, -0.2) is 0 Å². The highest BCUT2D eigenvalue weighted by atomic mass is 16.5. The normalized spacial score (nSPS) is 16.4. The van der Waals surface area contributed by atoms with Crippen molar-refractivity contribution < 1.29 is 13.9 Å². The quantitative estimate of drug-likeness (QED) is 0.567. The maximum atomic E-state index is 5.98. The second-order valence-electron chi connectivity index (χ2n) is 7.29. The highest BCUT2D eigenvalue weighted by molar-refractivity contribution is 5.32. The molecule has 0 saturated carbocycles. The zero-order chi connectivity index (χ0) is 20.1. The third-order valence-corrected chi connectivity index (χ3v) is 5.12. The molecule has 6 nitrogen and oxygen atoms in total. The van der Waals surface area contributed by atoms with Gasteiger partial charge in [-0.2, -0.15) is 0 Å². The molecule has 0 N–H and O–H groups in total. The lowest BCUT2D eigenvalue weighted by atomic mass is 9.94. The predicted molar refractivity (Wildman–Crippen MR) is 110 cm³/mol. The summed E-state index contributed by atoms with van der Waals surface area (Å²) in [6.45, 7) is 6.85. The highest BCUT2D eigenvalue weighted by Crippen LogP contribution is 2.32. The minimum absolute atomic E-state index is 0.0690. The van der Waals surface area contributed by atoms with Crippen molar-refractivity contribution >= 4 is 0 Å². The fraction of sp³-hybridized carbons (Fsp3) is 0.391. The lowest BCUT2D eigenvalue weighted by Crippen LogP contribution is -2.37. The van der Waals surface area contributed by atoms with E-state index < -0.39 is 0 Å². The Morgan fingerprint density at radius 1 is 0.966 bits per heavy atom. The third kappa shape index (κ3) is 4.77. The Labute approximate surface area is 171 Å². The number of hydrogen-bond donors (Lipinski definition) is 0. The first-order valence-corrected chi connectivity index (χ1v) is 10.2. The molecule has 0 spiro atoms. The van der Waals surface area contributed by atoms with Gasteiger partial charge < -0.3 is 13.9 Å². The van der Waals surface area contributed by atoms with Crippen LogP contribution in [-0.4, -0.2) is 34.9 Å². The van der Waals surface area contributed by atoms with Crippen molar-refractivity contribution in [3.05, 3.63) is 71.4 Å². The fourth-order valence-corrected chi connectivity index (χ4v) is 3.63. The minimum atomic E-state index is 0.0690. The van der Waals surface area contributed by atoms with Crippen LogP contribution in [0.2, 0.25) is 0 Å². The number of aryl methyl sites for hydroxylation is 1. The van der Waals surface area contributed by atoms with Crippen molar-refractivity contribution in [1.29, 1.82) is 0 Å². The molecule has 2 heterocycles. The van der Waals surface area contributed by atoms with Gasteiger partial charge >= 0.3 is 0 Å². The molecule has 1 atom stereocenters. The van der Waals surface area contributed by atoms with Gasteiger partial charge in [0.1, 0.15) is 18.1 Å². The first kappa shape index (κ1) is 19.5. The molecule has 0 saturated heterocycles. The van der Waals surface area contributed by atoms with Gasteiger partial charge in [0.05, 0.1) is 12.6 Å². The van der Waals surface area contributed by atoms with Gasteiger partial charge in [0.15, 0.2) is 0 Å². The molecule has 1 aromatic heterocycles. The minimum Gasteiger partial charge on any atom is -0.494 e. The summed E-state index contributed by atoms with van der Waals surface area (Å²) in [6, 6.07) is 16.4. The summed E-state index contributed by atoms with van der Waals surface area (Å²) in [5.41, 5.74) is 2.69. The molecule has 0 fully saturated rings. The van der Waals surface area contributed by atoms with Crippen LogP contribution in [-0.2, 0) is 13.0 Å². The van der Waals surface area contributed by atoms with Crippen LogP contribution in [0.4, 0.5) is 0 Å². The van der Waals surface area contributed by atoms with E-state index in [4.69, 9.17) is 13.9 Å². The van der Waals surface area contributed by atoms with Crippen LogP contribution >= 0.6 is 0 Å². The molecule has 29 heavy (non-hydrogen) atoms. The lowest BCUT2D eigenvalue weighted by Gasteiger charge is -2.34. The Balaban J connectivity index is 1.40. The Bertz CT molecular complexity index is 923. The Kier molecular flexibility index (Phi) is 6.10. The molecule has 1 aliphatic heterocycles. The molecule has 0 amide bonds. The average Bonchev–Trinajstić information content (AvgIpc) is 3.18. The molecule has 152 valence electrons. The highest BCUT2D eigenvalue weighted by Gasteiger charge is 2.30. The summed E-state index contributed by atoms with van der Waals surface area (Å²) in [7, 11) is 0. The average molecular weight is 393 g/mol. The molecular formula is C23H27N3O3. The van der Waals surface area contributed by atoms with Gasteiger partial charge in [-0.05, 0) is 48.2 Å². The molecule has 1 unspecified atom stereocenters. The van der Waals surface area contributed by atoms with Crippen molar-refractivity contribution in [3.63, 3.8) is 0 Å². The van der Waals surface area contributed by atoms with Crippen LogP contribution in [0.3, 0.4) is 0 Å². The van der Waals surface area contributed by atoms with E-state index in [0.717, 1.165) is 44.0 Å². The van der Waals surface area contributed by atoms with Crippen molar-refractivity contribution in [2.45, 2.75) is 39.3 Å². The van der Waals surface area contributed by atoms with Gasteiger partial charge in [0.25, 0.3) is 0 Å². The summed E-state index contributed by atoms with van der Waals surface area (Å²) < 4.78 is 17.4. The van der Waals surface area contributed by atoms with Gasteiger partial charge in [-0.3, -0.25) is 4.90 Å². The van der Waals surface area contributed by atoms with Crippen molar-refractivity contribution in [2.75, 3.05) is 19.8 Å². The zero-order valence-corrected chi connectivity index (χ0v) is 17.0. The number of benzene rings is 2. The zero-order valence-electron chi connectivity index (χ0n) is 17.0. The SMILES string of the molecule is CCCOc1ccc(OCCN2Cc3ccccc3CC2c2nnc(C)o2)cc1. The number of hydrogen-bond acceptors (Lipinski definition) is 6. The van der Waals surface area contributed by atoms with Crippen molar-refractivity contribution in [2.24, 2.45) is 0 Å². The molecule has 0 radical (unpaired) electrons. The number of aromatic nitrogens is 2. The maximum absolute atomic E-state index is 5.98. The van der Waals surface area contributed by atoms with E-state index in [1.165, 1.54) is 11.1 Å². The van der Waals surface area contributed by atoms with E-state index in [9.17, 15) is 0 Å². The largest absolute Gasteiger partial charge is 0.494 e. The standard InChI is InChI=1S/C23H27N3O3/c1-3-13-27-20-8-10-21(11-9-20)28-14-12-26-16-19-7-5-4-6-18(19)15-22(26)23-25-24-17(2)29-23/h4-11,22H,3,12-16H2,1-2H3. The molecule has 1 aliphatic rings. The molecule has 0 bridgehead atoms. The van der Waals surface area contributed by atoms with Crippen LogP contribution < -0.4 is 9.47 Å². The smallest absolute Gasteiger partial charge is 0.233 e. The predicted octanol–water partition coefficient (Wildman–Crippen LogP) is 4.35. The molecule has 0 aliphatic carbocycles. The number of fused-ring (bicyclic) bond motifs is 1.